The Kier molecular flexibility index (Phi) is 4.42. The van der Waals surface area contributed by atoms with Gasteiger partial charge in [0.15, 0.2) is 0 Å². The van der Waals surface area contributed by atoms with Gasteiger partial charge in [0.05, 0.1) is 11.2 Å². The first-order valence-electron chi connectivity index (χ1n) is 8.85. The van der Waals surface area contributed by atoms with Gasteiger partial charge in [-0.2, -0.15) is 11.8 Å². The summed E-state index contributed by atoms with van der Waals surface area (Å²) in [5.74, 6) is -0.125. The van der Waals surface area contributed by atoms with Gasteiger partial charge in [-0.15, -0.1) is 0 Å². The van der Waals surface area contributed by atoms with Crippen molar-refractivity contribution < 1.29 is 14.3 Å². The van der Waals surface area contributed by atoms with Crippen LogP contribution < -0.4 is 10.3 Å². The molecule has 1 aliphatic heterocycles. The highest BCUT2D eigenvalue weighted by atomic mass is 32.2. The number of carboxylic acid groups (broad SMARTS) is 1. The van der Waals surface area contributed by atoms with Crippen molar-refractivity contribution in [3.63, 3.8) is 0 Å². The second-order valence-corrected chi connectivity index (χ2v) is 8.10. The molecular formula is C19H21FN2O3S. The number of hydrogen-bond acceptors (Lipinski definition) is 4. The zero-order valence-corrected chi connectivity index (χ0v) is 15.4. The molecule has 2 fully saturated rings. The van der Waals surface area contributed by atoms with Gasteiger partial charge >= 0.3 is 5.97 Å². The summed E-state index contributed by atoms with van der Waals surface area (Å²) in [6.07, 6.45) is 6.43. The van der Waals surface area contributed by atoms with Crippen molar-refractivity contribution in [2.45, 2.75) is 25.3 Å². The van der Waals surface area contributed by atoms with Gasteiger partial charge in [0.2, 0.25) is 5.43 Å². The number of thioether (sulfide) groups is 1. The van der Waals surface area contributed by atoms with Crippen LogP contribution >= 0.6 is 11.8 Å². The predicted molar refractivity (Wildman–Crippen MR) is 102 cm³/mol. The molecule has 1 atom stereocenters. The Morgan fingerprint density at radius 2 is 2.12 bits per heavy atom. The number of carbonyl (C=O) groups is 1. The molecule has 1 saturated heterocycles. The Hall–Kier alpha value is -2.02. The standard InChI is InChI=1S/C19H21FN2O3S/c1-26-10-11-4-5-21(8-11)17-7-16-13(6-15(17)20)18(23)14(19(24)25)9-22(16)12-2-3-12/h6-7,9,11-12H,2-5,8,10H2,1H3,(H,24,25). The van der Waals surface area contributed by atoms with Crippen LogP contribution in [0.15, 0.2) is 23.1 Å². The molecule has 0 amide bonds. The zero-order chi connectivity index (χ0) is 18.4. The summed E-state index contributed by atoms with van der Waals surface area (Å²) in [6.45, 7) is 1.61. The second-order valence-electron chi connectivity index (χ2n) is 7.19. The van der Waals surface area contributed by atoms with Crippen LogP contribution in [0.4, 0.5) is 10.1 Å². The summed E-state index contributed by atoms with van der Waals surface area (Å²) >= 11 is 1.80. The van der Waals surface area contributed by atoms with Crippen molar-refractivity contribution in [3.8, 4) is 0 Å². The molecule has 26 heavy (non-hydrogen) atoms. The highest BCUT2D eigenvalue weighted by Gasteiger charge is 2.29. The lowest BCUT2D eigenvalue weighted by Gasteiger charge is -2.21. The Bertz CT molecular complexity index is 939. The Morgan fingerprint density at radius 1 is 1.35 bits per heavy atom. The first kappa shape index (κ1) is 17.4. The van der Waals surface area contributed by atoms with E-state index in [1.165, 1.54) is 12.3 Å². The lowest BCUT2D eigenvalue weighted by molar-refractivity contribution is 0.0695. The van der Waals surface area contributed by atoms with Gasteiger partial charge in [-0.25, -0.2) is 9.18 Å². The second kappa shape index (κ2) is 6.61. The van der Waals surface area contributed by atoms with E-state index in [9.17, 15) is 19.1 Å². The predicted octanol–water partition coefficient (Wildman–Crippen LogP) is 3.36. The van der Waals surface area contributed by atoms with Gasteiger partial charge < -0.3 is 14.6 Å². The molecule has 1 unspecified atom stereocenters. The Labute approximate surface area is 154 Å². The maximum absolute atomic E-state index is 14.8. The average molecular weight is 376 g/mol. The molecule has 1 saturated carbocycles. The first-order valence-corrected chi connectivity index (χ1v) is 10.2. The fraction of sp³-hybridized carbons (Fsp3) is 0.474. The molecule has 4 rings (SSSR count). The summed E-state index contributed by atoms with van der Waals surface area (Å²) in [6, 6.07) is 3.15. The van der Waals surface area contributed by atoms with Gasteiger partial charge in [-0.05, 0) is 49.3 Å². The van der Waals surface area contributed by atoms with E-state index in [0.717, 1.165) is 38.1 Å². The molecule has 7 heteroatoms. The summed E-state index contributed by atoms with van der Waals surface area (Å²) < 4.78 is 16.6. The molecule has 138 valence electrons. The van der Waals surface area contributed by atoms with E-state index in [1.807, 2.05) is 9.47 Å². The lowest BCUT2D eigenvalue weighted by atomic mass is 10.1. The molecule has 2 heterocycles. The largest absolute Gasteiger partial charge is 0.477 e. The van der Waals surface area contributed by atoms with E-state index in [1.54, 1.807) is 17.8 Å². The van der Waals surface area contributed by atoms with E-state index in [4.69, 9.17) is 0 Å². The number of halogens is 1. The maximum Gasteiger partial charge on any atom is 0.341 e. The quantitative estimate of drug-likeness (QED) is 0.867. The average Bonchev–Trinajstić information content (AvgIpc) is 3.34. The van der Waals surface area contributed by atoms with E-state index in [2.05, 4.69) is 6.26 Å². The molecule has 2 aliphatic rings. The molecule has 0 spiro atoms. The van der Waals surface area contributed by atoms with Crippen LogP contribution in [0.25, 0.3) is 10.9 Å². The number of anilines is 1. The molecule has 1 aromatic carbocycles. The fourth-order valence-electron chi connectivity index (χ4n) is 3.83. The van der Waals surface area contributed by atoms with E-state index < -0.39 is 17.2 Å². The number of fused-ring (bicyclic) bond motifs is 1. The highest BCUT2D eigenvalue weighted by molar-refractivity contribution is 7.98. The van der Waals surface area contributed by atoms with Crippen LogP contribution in [-0.2, 0) is 0 Å². The van der Waals surface area contributed by atoms with Crippen molar-refractivity contribution in [2.75, 3.05) is 30.0 Å². The van der Waals surface area contributed by atoms with Crippen molar-refractivity contribution in [1.29, 1.82) is 0 Å². The highest BCUT2D eigenvalue weighted by Crippen LogP contribution is 2.38. The topological polar surface area (TPSA) is 62.5 Å². The van der Waals surface area contributed by atoms with Crippen molar-refractivity contribution in [2.24, 2.45) is 5.92 Å². The minimum atomic E-state index is -1.27. The number of aromatic carboxylic acids is 1. The molecule has 5 nitrogen and oxygen atoms in total. The number of carboxylic acids is 1. The SMILES string of the molecule is CSCC1CCN(c2cc3c(cc2F)c(=O)c(C(=O)O)cn3C2CC2)C1. The molecule has 0 bridgehead atoms. The van der Waals surface area contributed by atoms with E-state index >= 15 is 0 Å². The van der Waals surface area contributed by atoms with Gasteiger partial charge in [0.1, 0.15) is 11.4 Å². The third-order valence-corrected chi connectivity index (χ3v) is 6.11. The smallest absolute Gasteiger partial charge is 0.341 e. The molecular weight excluding hydrogens is 355 g/mol. The number of aromatic nitrogens is 1. The number of rotatable bonds is 5. The van der Waals surface area contributed by atoms with Gasteiger partial charge in [0.25, 0.3) is 0 Å². The van der Waals surface area contributed by atoms with Crippen molar-refractivity contribution in [1.82, 2.24) is 4.57 Å². The van der Waals surface area contributed by atoms with Crippen LogP contribution in [0.2, 0.25) is 0 Å². The van der Waals surface area contributed by atoms with Crippen molar-refractivity contribution in [3.05, 3.63) is 39.9 Å². The van der Waals surface area contributed by atoms with Gasteiger partial charge in [-0.1, -0.05) is 0 Å². The molecule has 1 N–H and O–H groups in total. The summed E-state index contributed by atoms with van der Waals surface area (Å²) in [5, 5.41) is 9.46. The summed E-state index contributed by atoms with van der Waals surface area (Å²) in [5.41, 5.74) is 0.236. The maximum atomic E-state index is 14.8. The zero-order valence-electron chi connectivity index (χ0n) is 14.6. The normalized spacial score (nSPS) is 20.1. The Morgan fingerprint density at radius 3 is 2.77 bits per heavy atom. The van der Waals surface area contributed by atoms with Crippen molar-refractivity contribution >= 4 is 34.3 Å². The van der Waals surface area contributed by atoms with Crippen LogP contribution in [-0.4, -0.2) is 40.7 Å². The molecule has 1 aromatic heterocycles. The van der Waals surface area contributed by atoms with Gasteiger partial charge in [0, 0.05) is 30.7 Å². The number of benzene rings is 1. The third kappa shape index (κ3) is 2.98. The van der Waals surface area contributed by atoms with Crippen LogP contribution in [0, 0.1) is 11.7 Å². The Balaban J connectivity index is 1.84. The van der Waals surface area contributed by atoms with E-state index in [-0.39, 0.29) is 17.0 Å². The minimum Gasteiger partial charge on any atom is -0.477 e. The number of pyridine rings is 1. The number of nitrogens with zero attached hydrogens (tertiary/aromatic N) is 2. The third-order valence-electron chi connectivity index (χ3n) is 5.30. The fourth-order valence-corrected chi connectivity index (χ4v) is 4.57. The molecule has 0 radical (unpaired) electrons. The summed E-state index contributed by atoms with van der Waals surface area (Å²) in [7, 11) is 0. The van der Waals surface area contributed by atoms with Crippen LogP contribution in [0.5, 0.6) is 0 Å². The molecule has 1 aliphatic carbocycles. The van der Waals surface area contributed by atoms with Gasteiger partial charge in [-0.3, -0.25) is 4.79 Å². The molecule has 2 aromatic rings. The first-order chi connectivity index (χ1) is 12.5. The monoisotopic (exact) mass is 376 g/mol. The summed E-state index contributed by atoms with van der Waals surface area (Å²) in [4.78, 5) is 26.0. The van der Waals surface area contributed by atoms with E-state index in [0.29, 0.717) is 17.1 Å². The van der Waals surface area contributed by atoms with Crippen LogP contribution in [0.1, 0.15) is 35.7 Å². The number of hydrogen-bond donors (Lipinski definition) is 1. The van der Waals surface area contributed by atoms with Crippen LogP contribution in [0.3, 0.4) is 0 Å². The lowest BCUT2D eigenvalue weighted by Crippen LogP contribution is -2.23. The minimum absolute atomic E-state index is 0.151.